The van der Waals surface area contributed by atoms with Gasteiger partial charge in [-0.3, -0.25) is 0 Å². The van der Waals surface area contributed by atoms with E-state index >= 15 is 0 Å². The Kier molecular flexibility index (Phi) is 2.23. The van der Waals surface area contributed by atoms with Crippen molar-refractivity contribution in [3.05, 3.63) is 11.8 Å². The molecular formula is C7H7NO4. The average molecular weight is 169 g/mol. The molecule has 0 N–H and O–H groups in total. The van der Waals surface area contributed by atoms with Crippen LogP contribution in [0.3, 0.4) is 0 Å². The van der Waals surface area contributed by atoms with Crippen LogP contribution in [0.25, 0.3) is 0 Å². The summed E-state index contributed by atoms with van der Waals surface area (Å²) in [4.78, 5) is 25.1. The Hall–Kier alpha value is -1.65. The van der Waals surface area contributed by atoms with Crippen molar-refractivity contribution >= 4 is 17.8 Å². The van der Waals surface area contributed by atoms with E-state index in [4.69, 9.17) is 0 Å². The van der Waals surface area contributed by atoms with Gasteiger partial charge in [0.05, 0.1) is 13.2 Å². The Bertz CT molecular complexity index is 290. The number of cyclic esters (lactones) is 1. The van der Waals surface area contributed by atoms with Crippen LogP contribution in [0.4, 0.5) is 0 Å². The number of rotatable bonds is 1. The standard InChI is InChI=1S/C7H7NO4/c1-4-8-5(7(10)12-4)3-6(9)11-2/h3H,1-2H3/b5-3+. The van der Waals surface area contributed by atoms with Crippen molar-refractivity contribution in [2.45, 2.75) is 6.92 Å². The minimum atomic E-state index is -0.627. The number of ether oxygens (including phenoxy) is 2. The first-order valence-corrected chi connectivity index (χ1v) is 3.20. The van der Waals surface area contributed by atoms with Gasteiger partial charge in [-0.25, -0.2) is 14.6 Å². The van der Waals surface area contributed by atoms with Gasteiger partial charge < -0.3 is 9.47 Å². The predicted octanol–water partition coefficient (Wildman–Crippen LogP) is 0.0185. The van der Waals surface area contributed by atoms with Crippen LogP contribution in [-0.2, 0) is 19.1 Å². The van der Waals surface area contributed by atoms with Gasteiger partial charge in [-0.05, 0) is 0 Å². The maximum atomic E-state index is 10.8. The third kappa shape index (κ3) is 1.69. The average Bonchev–Trinajstić information content (AvgIpc) is 2.30. The lowest BCUT2D eigenvalue weighted by molar-refractivity contribution is -0.136. The van der Waals surface area contributed by atoms with Crippen LogP contribution in [-0.4, -0.2) is 24.9 Å². The fraction of sp³-hybridized carbons (Fsp3) is 0.286. The van der Waals surface area contributed by atoms with Crippen LogP contribution in [0.5, 0.6) is 0 Å². The highest BCUT2D eigenvalue weighted by Crippen LogP contribution is 2.09. The second kappa shape index (κ2) is 3.17. The fourth-order valence-corrected chi connectivity index (χ4v) is 0.686. The van der Waals surface area contributed by atoms with Gasteiger partial charge >= 0.3 is 11.9 Å². The summed E-state index contributed by atoms with van der Waals surface area (Å²) in [5.41, 5.74) is -0.0284. The molecule has 5 nitrogen and oxygen atoms in total. The van der Waals surface area contributed by atoms with Crippen molar-refractivity contribution in [1.82, 2.24) is 0 Å². The van der Waals surface area contributed by atoms with Crippen molar-refractivity contribution in [1.29, 1.82) is 0 Å². The molecule has 0 radical (unpaired) electrons. The summed E-state index contributed by atoms with van der Waals surface area (Å²) in [6.45, 7) is 1.52. The Labute approximate surface area is 68.7 Å². The lowest BCUT2D eigenvalue weighted by Gasteiger charge is -1.90. The first-order valence-electron chi connectivity index (χ1n) is 3.20. The maximum Gasteiger partial charge on any atom is 0.363 e. The third-order valence-corrected chi connectivity index (χ3v) is 1.18. The molecule has 0 bridgehead atoms. The molecule has 0 atom stereocenters. The van der Waals surface area contributed by atoms with Gasteiger partial charge in [0.25, 0.3) is 0 Å². The monoisotopic (exact) mass is 169 g/mol. The summed E-state index contributed by atoms with van der Waals surface area (Å²) in [6, 6.07) is 0. The summed E-state index contributed by atoms with van der Waals surface area (Å²) in [5, 5.41) is 0. The smallest absolute Gasteiger partial charge is 0.363 e. The lowest BCUT2D eigenvalue weighted by Crippen LogP contribution is -2.03. The summed E-state index contributed by atoms with van der Waals surface area (Å²) < 4.78 is 8.86. The number of hydrogen-bond donors (Lipinski definition) is 0. The first-order chi connectivity index (χ1) is 5.63. The number of esters is 2. The van der Waals surface area contributed by atoms with Crippen LogP contribution in [0.2, 0.25) is 0 Å². The zero-order valence-corrected chi connectivity index (χ0v) is 6.66. The first kappa shape index (κ1) is 8.45. The molecule has 0 spiro atoms. The van der Waals surface area contributed by atoms with E-state index in [1.54, 1.807) is 0 Å². The third-order valence-electron chi connectivity index (χ3n) is 1.18. The molecule has 0 aromatic rings. The van der Waals surface area contributed by atoms with E-state index in [9.17, 15) is 9.59 Å². The molecule has 0 saturated carbocycles. The van der Waals surface area contributed by atoms with E-state index in [0.717, 1.165) is 6.08 Å². The molecule has 0 aromatic carbocycles. The van der Waals surface area contributed by atoms with Crippen molar-refractivity contribution in [2.75, 3.05) is 7.11 Å². The summed E-state index contributed by atoms with van der Waals surface area (Å²) in [7, 11) is 1.22. The maximum absolute atomic E-state index is 10.8. The highest BCUT2D eigenvalue weighted by Gasteiger charge is 2.20. The van der Waals surface area contributed by atoms with E-state index in [2.05, 4.69) is 14.5 Å². The van der Waals surface area contributed by atoms with Crippen molar-refractivity contribution < 1.29 is 19.1 Å². The highest BCUT2D eigenvalue weighted by atomic mass is 16.6. The van der Waals surface area contributed by atoms with E-state index in [-0.39, 0.29) is 11.6 Å². The predicted molar refractivity (Wildman–Crippen MR) is 39.3 cm³/mol. The van der Waals surface area contributed by atoms with E-state index in [1.807, 2.05) is 0 Å². The molecule has 12 heavy (non-hydrogen) atoms. The minimum absolute atomic E-state index is 0.0284. The zero-order chi connectivity index (χ0) is 9.14. The molecule has 0 saturated heterocycles. The van der Waals surface area contributed by atoms with E-state index in [1.165, 1.54) is 14.0 Å². The quantitative estimate of drug-likeness (QED) is 0.410. The fourth-order valence-electron chi connectivity index (χ4n) is 0.686. The number of carbonyl (C=O) groups excluding carboxylic acids is 2. The molecule has 0 unspecified atom stereocenters. The molecule has 64 valence electrons. The molecule has 5 heteroatoms. The highest BCUT2D eigenvalue weighted by molar-refractivity contribution is 6.06. The molecule has 1 heterocycles. The number of methoxy groups -OCH3 is 1. The van der Waals surface area contributed by atoms with Gasteiger partial charge in [0.1, 0.15) is 0 Å². The van der Waals surface area contributed by atoms with Gasteiger partial charge in [-0.1, -0.05) is 0 Å². The van der Waals surface area contributed by atoms with Gasteiger partial charge in [0.15, 0.2) is 11.6 Å². The van der Waals surface area contributed by atoms with Gasteiger partial charge in [0, 0.05) is 6.92 Å². The van der Waals surface area contributed by atoms with Crippen LogP contribution in [0.15, 0.2) is 16.8 Å². The Morgan fingerprint density at radius 2 is 2.33 bits per heavy atom. The molecule has 1 aliphatic heterocycles. The largest absolute Gasteiger partial charge is 0.466 e. The molecule has 0 amide bonds. The van der Waals surface area contributed by atoms with Crippen LogP contribution < -0.4 is 0 Å². The van der Waals surface area contributed by atoms with Crippen molar-refractivity contribution in [3.8, 4) is 0 Å². The number of carbonyl (C=O) groups is 2. The molecule has 1 rings (SSSR count). The summed E-state index contributed by atoms with van der Waals surface area (Å²) in [5.74, 6) is -1.02. The van der Waals surface area contributed by atoms with Gasteiger partial charge in [-0.15, -0.1) is 0 Å². The second-order valence-corrected chi connectivity index (χ2v) is 2.07. The lowest BCUT2D eigenvalue weighted by atomic mass is 10.4. The van der Waals surface area contributed by atoms with Crippen molar-refractivity contribution in [3.63, 3.8) is 0 Å². The van der Waals surface area contributed by atoms with Crippen LogP contribution in [0, 0.1) is 0 Å². The van der Waals surface area contributed by atoms with Crippen LogP contribution >= 0.6 is 0 Å². The number of aliphatic imine (C=N–C) groups is 1. The Morgan fingerprint density at radius 1 is 1.67 bits per heavy atom. The summed E-state index contributed by atoms with van der Waals surface area (Å²) >= 11 is 0. The zero-order valence-electron chi connectivity index (χ0n) is 6.66. The van der Waals surface area contributed by atoms with Crippen LogP contribution in [0.1, 0.15) is 6.92 Å². The van der Waals surface area contributed by atoms with E-state index < -0.39 is 11.9 Å². The summed E-state index contributed by atoms with van der Waals surface area (Å²) in [6.07, 6.45) is 0.985. The van der Waals surface area contributed by atoms with Gasteiger partial charge in [-0.2, -0.15) is 0 Å². The van der Waals surface area contributed by atoms with E-state index in [0.29, 0.717) is 0 Å². The second-order valence-electron chi connectivity index (χ2n) is 2.07. The van der Waals surface area contributed by atoms with Gasteiger partial charge in [0.2, 0.25) is 0 Å². The SMILES string of the molecule is COC(=O)/C=C1/N=C(C)OC1=O. The van der Waals surface area contributed by atoms with Crippen molar-refractivity contribution in [2.24, 2.45) is 4.99 Å². The topological polar surface area (TPSA) is 65.0 Å². The molecule has 0 fully saturated rings. The number of nitrogens with zero attached hydrogens (tertiary/aromatic N) is 1. The molecule has 1 aliphatic rings. The molecule has 0 aliphatic carbocycles. The molecule has 0 aromatic heterocycles. The molecular weight excluding hydrogens is 162 g/mol. The Balaban J connectivity index is 2.82. The normalized spacial score (nSPS) is 19.0. The number of hydrogen-bond acceptors (Lipinski definition) is 5. The minimum Gasteiger partial charge on any atom is -0.466 e. The Morgan fingerprint density at radius 3 is 2.75 bits per heavy atom.